The molecule has 0 spiro atoms. The highest BCUT2D eigenvalue weighted by molar-refractivity contribution is 6.34. The van der Waals surface area contributed by atoms with Crippen LogP contribution in [0.25, 0.3) is 6.08 Å². The first-order chi connectivity index (χ1) is 14.0. The van der Waals surface area contributed by atoms with Crippen LogP contribution in [-0.2, 0) is 19.1 Å². The second-order valence-electron chi connectivity index (χ2n) is 5.82. The van der Waals surface area contributed by atoms with Gasteiger partial charge < -0.3 is 18.9 Å². The number of aliphatic imine (C=N–C) groups is 1. The molecule has 2 aromatic rings. The summed E-state index contributed by atoms with van der Waals surface area (Å²) in [4.78, 5) is 27.7. The number of ether oxygens (including phenoxy) is 4. The average molecular weight is 416 g/mol. The lowest BCUT2D eigenvalue weighted by Gasteiger charge is -2.11. The van der Waals surface area contributed by atoms with Gasteiger partial charge in [-0.25, -0.2) is 14.6 Å². The fraction of sp³-hybridized carbons (Fsp3) is 0.190. The van der Waals surface area contributed by atoms with Gasteiger partial charge in [0.2, 0.25) is 5.90 Å². The molecule has 0 fully saturated rings. The van der Waals surface area contributed by atoms with Crippen molar-refractivity contribution in [2.45, 2.75) is 6.92 Å². The summed E-state index contributed by atoms with van der Waals surface area (Å²) >= 11 is 6.14. The van der Waals surface area contributed by atoms with E-state index >= 15 is 0 Å². The van der Waals surface area contributed by atoms with Crippen molar-refractivity contribution in [1.82, 2.24) is 0 Å². The highest BCUT2D eigenvalue weighted by Gasteiger charge is 2.25. The van der Waals surface area contributed by atoms with E-state index in [2.05, 4.69) is 9.73 Å². The first kappa shape index (κ1) is 20.4. The molecule has 3 rings (SSSR count). The van der Waals surface area contributed by atoms with Gasteiger partial charge in [0.05, 0.1) is 24.3 Å². The molecule has 0 saturated heterocycles. The van der Waals surface area contributed by atoms with Crippen LogP contribution in [0.5, 0.6) is 11.5 Å². The second kappa shape index (κ2) is 9.25. The first-order valence-corrected chi connectivity index (χ1v) is 9.13. The van der Waals surface area contributed by atoms with E-state index in [0.717, 1.165) is 0 Å². The SMILES string of the molecule is CCOc1cc(C=C2N=C(c3ccccc3Cl)OC2=O)ccc1OCC(=O)OC. The minimum absolute atomic E-state index is 0.130. The number of benzene rings is 2. The third-order valence-corrected chi connectivity index (χ3v) is 4.20. The Bertz CT molecular complexity index is 998. The van der Waals surface area contributed by atoms with E-state index in [9.17, 15) is 9.59 Å². The van der Waals surface area contributed by atoms with Crippen LogP contribution in [0.3, 0.4) is 0 Å². The number of hydrogen-bond acceptors (Lipinski definition) is 7. The van der Waals surface area contributed by atoms with Crippen LogP contribution in [0, 0.1) is 0 Å². The van der Waals surface area contributed by atoms with Crippen molar-refractivity contribution in [3.05, 3.63) is 64.3 Å². The Morgan fingerprint density at radius 2 is 1.97 bits per heavy atom. The zero-order valence-electron chi connectivity index (χ0n) is 15.8. The molecule has 0 N–H and O–H groups in total. The predicted molar refractivity (Wildman–Crippen MR) is 107 cm³/mol. The molecule has 1 heterocycles. The van der Waals surface area contributed by atoms with E-state index in [0.29, 0.717) is 34.3 Å². The molecular weight excluding hydrogens is 398 g/mol. The van der Waals surface area contributed by atoms with Crippen LogP contribution in [-0.4, -0.2) is 38.2 Å². The lowest BCUT2D eigenvalue weighted by atomic mass is 10.1. The number of methoxy groups -OCH3 is 1. The fourth-order valence-corrected chi connectivity index (χ4v) is 2.73. The predicted octanol–water partition coefficient (Wildman–Crippen LogP) is 3.64. The maximum absolute atomic E-state index is 12.2. The Labute approximate surface area is 172 Å². The van der Waals surface area contributed by atoms with Crippen molar-refractivity contribution in [2.75, 3.05) is 20.3 Å². The molecule has 0 radical (unpaired) electrons. The first-order valence-electron chi connectivity index (χ1n) is 8.75. The van der Waals surface area contributed by atoms with Gasteiger partial charge in [-0.2, -0.15) is 0 Å². The smallest absolute Gasteiger partial charge is 0.363 e. The standard InChI is InChI=1S/C21H18ClNO6/c1-3-27-18-11-13(8-9-17(18)28-12-19(24)26-2)10-16-21(25)29-20(23-16)14-6-4-5-7-15(14)22/h4-11H,3,12H2,1-2H3. The van der Waals surface area contributed by atoms with Gasteiger partial charge in [0, 0.05) is 0 Å². The minimum Gasteiger partial charge on any atom is -0.490 e. The van der Waals surface area contributed by atoms with Gasteiger partial charge in [0.25, 0.3) is 0 Å². The van der Waals surface area contributed by atoms with Crippen molar-refractivity contribution in [3.63, 3.8) is 0 Å². The Balaban J connectivity index is 1.87. The summed E-state index contributed by atoms with van der Waals surface area (Å²) in [6.45, 7) is 1.98. The maximum atomic E-state index is 12.2. The number of nitrogens with zero attached hydrogens (tertiary/aromatic N) is 1. The molecule has 150 valence electrons. The van der Waals surface area contributed by atoms with Gasteiger partial charge in [-0.1, -0.05) is 29.8 Å². The molecule has 8 heteroatoms. The van der Waals surface area contributed by atoms with E-state index < -0.39 is 11.9 Å². The fourth-order valence-electron chi connectivity index (χ4n) is 2.51. The van der Waals surface area contributed by atoms with Gasteiger partial charge in [0.1, 0.15) is 0 Å². The Hall–Kier alpha value is -3.32. The number of carbonyl (C=O) groups is 2. The summed E-state index contributed by atoms with van der Waals surface area (Å²) in [5, 5.41) is 0.436. The molecule has 0 saturated carbocycles. The van der Waals surface area contributed by atoms with E-state index in [-0.39, 0.29) is 18.2 Å². The van der Waals surface area contributed by atoms with Crippen LogP contribution in [0.2, 0.25) is 5.02 Å². The number of carbonyl (C=O) groups excluding carboxylic acids is 2. The third-order valence-electron chi connectivity index (χ3n) is 3.87. The Morgan fingerprint density at radius 1 is 1.17 bits per heavy atom. The zero-order chi connectivity index (χ0) is 20.8. The molecule has 0 aromatic heterocycles. The molecular formula is C21H18ClNO6. The van der Waals surface area contributed by atoms with Crippen molar-refractivity contribution in [2.24, 2.45) is 4.99 Å². The van der Waals surface area contributed by atoms with Gasteiger partial charge in [0.15, 0.2) is 23.8 Å². The molecule has 7 nitrogen and oxygen atoms in total. The molecule has 0 unspecified atom stereocenters. The summed E-state index contributed by atoms with van der Waals surface area (Å²) in [7, 11) is 1.28. The summed E-state index contributed by atoms with van der Waals surface area (Å²) in [5.74, 6) is -0.131. The van der Waals surface area contributed by atoms with Crippen molar-refractivity contribution in [3.8, 4) is 11.5 Å². The third kappa shape index (κ3) is 4.94. The number of esters is 2. The van der Waals surface area contributed by atoms with Gasteiger partial charge in [-0.05, 0) is 42.8 Å². The van der Waals surface area contributed by atoms with Crippen LogP contribution in [0.1, 0.15) is 18.1 Å². The molecule has 0 atom stereocenters. The van der Waals surface area contributed by atoms with Crippen molar-refractivity contribution in [1.29, 1.82) is 0 Å². The lowest BCUT2D eigenvalue weighted by Crippen LogP contribution is -2.13. The lowest BCUT2D eigenvalue weighted by molar-refractivity contribution is -0.143. The van der Waals surface area contributed by atoms with Gasteiger partial charge in [-0.3, -0.25) is 0 Å². The number of cyclic esters (lactones) is 1. The molecule has 1 aliphatic heterocycles. The molecule has 0 amide bonds. The summed E-state index contributed by atoms with van der Waals surface area (Å²) in [6, 6.07) is 12.0. The topological polar surface area (TPSA) is 83.4 Å². The average Bonchev–Trinajstić information content (AvgIpc) is 3.07. The van der Waals surface area contributed by atoms with Gasteiger partial charge in [-0.15, -0.1) is 0 Å². The largest absolute Gasteiger partial charge is 0.490 e. The summed E-state index contributed by atoms with van der Waals surface area (Å²) < 4.78 is 20.8. The summed E-state index contributed by atoms with van der Waals surface area (Å²) in [5.41, 5.74) is 1.31. The molecule has 0 aliphatic carbocycles. The highest BCUT2D eigenvalue weighted by atomic mass is 35.5. The Morgan fingerprint density at radius 3 is 2.69 bits per heavy atom. The van der Waals surface area contributed by atoms with Crippen LogP contribution in [0.15, 0.2) is 53.2 Å². The quantitative estimate of drug-likeness (QED) is 0.507. The Kier molecular flexibility index (Phi) is 6.51. The second-order valence-corrected chi connectivity index (χ2v) is 6.23. The zero-order valence-corrected chi connectivity index (χ0v) is 16.6. The molecule has 1 aliphatic rings. The van der Waals surface area contributed by atoms with E-state index in [1.165, 1.54) is 7.11 Å². The van der Waals surface area contributed by atoms with Crippen molar-refractivity contribution >= 4 is 35.5 Å². The normalized spacial score (nSPS) is 14.4. The van der Waals surface area contributed by atoms with Crippen molar-refractivity contribution < 1.29 is 28.5 Å². The minimum atomic E-state index is -0.580. The molecule has 2 aromatic carbocycles. The molecule has 29 heavy (non-hydrogen) atoms. The highest BCUT2D eigenvalue weighted by Crippen LogP contribution is 2.30. The van der Waals surface area contributed by atoms with Crippen LogP contribution in [0.4, 0.5) is 0 Å². The van der Waals surface area contributed by atoms with E-state index in [4.69, 9.17) is 25.8 Å². The van der Waals surface area contributed by atoms with Crippen LogP contribution >= 0.6 is 11.6 Å². The van der Waals surface area contributed by atoms with Crippen LogP contribution < -0.4 is 9.47 Å². The monoisotopic (exact) mass is 415 g/mol. The van der Waals surface area contributed by atoms with E-state index in [1.807, 2.05) is 6.92 Å². The summed E-state index contributed by atoms with van der Waals surface area (Å²) in [6.07, 6.45) is 1.57. The maximum Gasteiger partial charge on any atom is 0.363 e. The van der Waals surface area contributed by atoms with E-state index in [1.54, 1.807) is 48.5 Å². The molecule has 0 bridgehead atoms. The number of rotatable bonds is 7. The van der Waals surface area contributed by atoms with Gasteiger partial charge >= 0.3 is 11.9 Å². The number of hydrogen-bond donors (Lipinski definition) is 0. The number of halogens is 1.